The Morgan fingerprint density at radius 3 is 3.05 bits per heavy atom. The summed E-state index contributed by atoms with van der Waals surface area (Å²) < 4.78 is 4.54. The molecule has 1 fully saturated rings. The first-order valence-corrected chi connectivity index (χ1v) is 6.14. The molecular formula is C12H16N4O3. The molecule has 0 saturated carbocycles. The molecule has 1 aliphatic rings. The number of hydrogen-bond donors (Lipinski definition) is 2. The maximum atomic E-state index is 11.8. The van der Waals surface area contributed by atoms with Gasteiger partial charge in [-0.3, -0.25) is 10.2 Å². The van der Waals surface area contributed by atoms with E-state index in [2.05, 4.69) is 33.5 Å². The predicted octanol–water partition coefficient (Wildman–Crippen LogP) is 1.07. The van der Waals surface area contributed by atoms with Gasteiger partial charge in [0.05, 0.1) is 0 Å². The van der Waals surface area contributed by atoms with Crippen LogP contribution in [0.4, 0.5) is 4.79 Å². The Kier molecular flexibility index (Phi) is 4.17. The topological polar surface area (TPSA) is 87.5 Å². The van der Waals surface area contributed by atoms with Crippen LogP contribution in [0.2, 0.25) is 0 Å². The predicted molar refractivity (Wildman–Crippen MR) is 67.1 cm³/mol. The second-order valence-corrected chi connectivity index (χ2v) is 4.21. The molecule has 102 valence electrons. The average molecular weight is 264 g/mol. The molecule has 7 nitrogen and oxygen atoms in total. The van der Waals surface area contributed by atoms with Crippen molar-refractivity contribution in [2.75, 3.05) is 13.1 Å². The van der Waals surface area contributed by atoms with Crippen LogP contribution in [0.5, 0.6) is 0 Å². The van der Waals surface area contributed by atoms with Crippen LogP contribution in [0.15, 0.2) is 28.5 Å². The third kappa shape index (κ3) is 3.34. The molecule has 2 rings (SSSR count). The van der Waals surface area contributed by atoms with Crippen LogP contribution in [0.1, 0.15) is 30.3 Å². The van der Waals surface area contributed by atoms with Gasteiger partial charge in [-0.2, -0.15) is 0 Å². The minimum absolute atomic E-state index is 0.119. The van der Waals surface area contributed by atoms with Crippen molar-refractivity contribution < 1.29 is 14.1 Å². The van der Waals surface area contributed by atoms with E-state index in [0.29, 0.717) is 13.1 Å². The van der Waals surface area contributed by atoms with Crippen LogP contribution in [-0.4, -0.2) is 35.1 Å². The van der Waals surface area contributed by atoms with E-state index < -0.39 is 5.91 Å². The molecule has 0 bridgehead atoms. The minimum atomic E-state index is -0.509. The molecule has 0 aromatic carbocycles. The lowest BCUT2D eigenvalue weighted by molar-refractivity contribution is 0.0922. The molecule has 2 N–H and O–H groups in total. The Labute approximate surface area is 110 Å². The Bertz CT molecular complexity index is 481. The van der Waals surface area contributed by atoms with E-state index in [4.69, 9.17) is 0 Å². The van der Waals surface area contributed by atoms with Gasteiger partial charge in [0.15, 0.2) is 5.69 Å². The van der Waals surface area contributed by atoms with Gasteiger partial charge in [0.25, 0.3) is 5.91 Å². The van der Waals surface area contributed by atoms with Gasteiger partial charge in [0.2, 0.25) is 0 Å². The number of carbonyl (C=O) groups is 2. The van der Waals surface area contributed by atoms with Crippen molar-refractivity contribution >= 4 is 11.9 Å². The maximum Gasteiger partial charge on any atom is 0.336 e. The van der Waals surface area contributed by atoms with Gasteiger partial charge in [-0.05, 0) is 12.8 Å². The normalized spacial score (nSPS) is 16.7. The van der Waals surface area contributed by atoms with E-state index in [1.54, 1.807) is 4.90 Å². The summed E-state index contributed by atoms with van der Waals surface area (Å²) in [5, 5.41) is 3.47. The molecule has 0 aliphatic carbocycles. The van der Waals surface area contributed by atoms with Gasteiger partial charge >= 0.3 is 6.03 Å². The number of hydrazine groups is 1. The number of nitrogens with zero attached hydrogens (tertiary/aromatic N) is 2. The summed E-state index contributed by atoms with van der Waals surface area (Å²) in [4.78, 5) is 25.0. The summed E-state index contributed by atoms with van der Waals surface area (Å²) >= 11 is 0. The Balaban J connectivity index is 1.79. The van der Waals surface area contributed by atoms with Crippen molar-refractivity contribution in [2.45, 2.75) is 19.8 Å². The van der Waals surface area contributed by atoms with Gasteiger partial charge in [-0.25, -0.2) is 10.2 Å². The van der Waals surface area contributed by atoms with Gasteiger partial charge in [0, 0.05) is 19.2 Å². The van der Waals surface area contributed by atoms with Crippen molar-refractivity contribution in [3.63, 3.8) is 0 Å². The molecule has 1 aromatic heterocycles. The summed E-state index contributed by atoms with van der Waals surface area (Å²) in [7, 11) is 0. The highest BCUT2D eigenvalue weighted by molar-refractivity contribution is 5.93. The number of allylic oxidation sites excluding steroid dienone is 1. The lowest BCUT2D eigenvalue weighted by atomic mass is 10.2. The monoisotopic (exact) mass is 264 g/mol. The first-order chi connectivity index (χ1) is 9.20. The first-order valence-electron chi connectivity index (χ1n) is 6.14. The number of likely N-dealkylation sites (tertiary alicyclic amines) is 1. The van der Waals surface area contributed by atoms with Gasteiger partial charge in [-0.1, -0.05) is 23.7 Å². The fourth-order valence-corrected chi connectivity index (χ4v) is 1.89. The summed E-state index contributed by atoms with van der Waals surface area (Å²) in [6.45, 7) is 3.34. The molecule has 0 spiro atoms. The number of rotatable bonds is 2. The number of carbonyl (C=O) groups excluding carboxylic acids is 2. The fraction of sp³-hybridized carbons (Fsp3) is 0.417. The zero-order valence-corrected chi connectivity index (χ0v) is 10.7. The third-order valence-corrected chi connectivity index (χ3v) is 2.83. The number of urea groups is 1. The van der Waals surface area contributed by atoms with Crippen LogP contribution in [-0.2, 0) is 0 Å². The first kappa shape index (κ1) is 13.1. The van der Waals surface area contributed by atoms with Crippen LogP contribution >= 0.6 is 0 Å². The molecular weight excluding hydrogens is 248 g/mol. The molecule has 7 heteroatoms. The van der Waals surface area contributed by atoms with Crippen molar-refractivity contribution in [3.05, 3.63) is 29.7 Å². The molecule has 3 amide bonds. The van der Waals surface area contributed by atoms with Crippen molar-refractivity contribution in [1.82, 2.24) is 20.9 Å². The van der Waals surface area contributed by atoms with Crippen LogP contribution in [0, 0.1) is 0 Å². The van der Waals surface area contributed by atoms with Crippen molar-refractivity contribution in [3.8, 4) is 0 Å². The highest BCUT2D eigenvalue weighted by Crippen LogP contribution is 2.15. The second-order valence-electron chi connectivity index (χ2n) is 4.21. The zero-order valence-electron chi connectivity index (χ0n) is 10.7. The number of aromatic nitrogens is 1. The standard InChI is InChI=1S/C12H16N4O3/c1-2-3-9-4-6-16(8-9)12(18)14-13-11(17)10-5-7-19-15-10/h3,5,7H,2,4,6,8H2,1H3,(H,13,17)(H,14,18)/b9-3-. The molecule has 1 saturated heterocycles. The second kappa shape index (κ2) is 6.03. The zero-order chi connectivity index (χ0) is 13.7. The summed E-state index contributed by atoms with van der Waals surface area (Å²) in [5.41, 5.74) is 6.01. The van der Waals surface area contributed by atoms with Gasteiger partial charge in [-0.15, -0.1) is 0 Å². The quantitative estimate of drug-likeness (QED) is 0.618. The molecule has 1 aliphatic heterocycles. The average Bonchev–Trinajstić information content (AvgIpc) is 3.06. The molecule has 0 unspecified atom stereocenters. The largest absolute Gasteiger partial charge is 0.364 e. The van der Waals surface area contributed by atoms with E-state index in [9.17, 15) is 9.59 Å². The molecule has 0 atom stereocenters. The fourth-order valence-electron chi connectivity index (χ4n) is 1.89. The van der Waals surface area contributed by atoms with Crippen LogP contribution < -0.4 is 10.9 Å². The van der Waals surface area contributed by atoms with E-state index in [1.165, 1.54) is 17.9 Å². The van der Waals surface area contributed by atoms with Crippen molar-refractivity contribution in [2.24, 2.45) is 0 Å². The van der Waals surface area contributed by atoms with E-state index in [-0.39, 0.29) is 11.7 Å². The summed E-state index contributed by atoms with van der Waals surface area (Å²) in [5.74, 6) is -0.509. The Morgan fingerprint density at radius 2 is 2.37 bits per heavy atom. The number of amides is 3. The van der Waals surface area contributed by atoms with E-state index >= 15 is 0 Å². The van der Waals surface area contributed by atoms with Gasteiger partial charge < -0.3 is 9.42 Å². The lowest BCUT2D eigenvalue weighted by Crippen LogP contribution is -2.48. The molecule has 0 radical (unpaired) electrons. The van der Waals surface area contributed by atoms with E-state index in [1.807, 2.05) is 0 Å². The smallest absolute Gasteiger partial charge is 0.336 e. The van der Waals surface area contributed by atoms with E-state index in [0.717, 1.165) is 12.8 Å². The molecule has 19 heavy (non-hydrogen) atoms. The van der Waals surface area contributed by atoms with Crippen LogP contribution in [0.3, 0.4) is 0 Å². The SMILES string of the molecule is CC/C=C1/CCN(C(=O)NNC(=O)c2ccon2)C1. The molecule has 2 heterocycles. The van der Waals surface area contributed by atoms with Gasteiger partial charge in [0.1, 0.15) is 6.26 Å². The highest BCUT2D eigenvalue weighted by atomic mass is 16.5. The summed E-state index contributed by atoms with van der Waals surface area (Å²) in [6, 6.07) is 1.09. The van der Waals surface area contributed by atoms with Crippen LogP contribution in [0.25, 0.3) is 0 Å². The lowest BCUT2D eigenvalue weighted by Gasteiger charge is -2.15. The highest BCUT2D eigenvalue weighted by Gasteiger charge is 2.21. The third-order valence-electron chi connectivity index (χ3n) is 2.83. The Morgan fingerprint density at radius 1 is 1.53 bits per heavy atom. The maximum absolute atomic E-state index is 11.8. The molecule has 1 aromatic rings. The minimum Gasteiger partial charge on any atom is -0.364 e. The number of hydrogen-bond acceptors (Lipinski definition) is 4. The summed E-state index contributed by atoms with van der Waals surface area (Å²) in [6.07, 6.45) is 5.27. The number of nitrogens with one attached hydrogen (secondary N) is 2. The Hall–Kier alpha value is -2.31. The van der Waals surface area contributed by atoms with Crippen molar-refractivity contribution in [1.29, 1.82) is 0 Å².